The summed E-state index contributed by atoms with van der Waals surface area (Å²) in [6.07, 6.45) is 6.16. The Morgan fingerprint density at radius 1 is 1.30 bits per heavy atom. The molecule has 1 aliphatic carbocycles. The van der Waals surface area contributed by atoms with Crippen LogP contribution in [0.2, 0.25) is 0 Å². The number of fused-ring (bicyclic) bond motifs is 1. The number of nitrogens with zero attached hydrogens (tertiary/aromatic N) is 1. The normalized spacial score (nSPS) is 24.8. The van der Waals surface area contributed by atoms with E-state index in [4.69, 9.17) is 0 Å². The minimum Gasteiger partial charge on any atom is -0.388 e. The minimum absolute atomic E-state index is 0.366. The van der Waals surface area contributed by atoms with Crippen molar-refractivity contribution in [2.24, 2.45) is 11.8 Å². The molecule has 3 atom stereocenters. The highest BCUT2D eigenvalue weighted by Crippen LogP contribution is 2.39. The number of aliphatic hydroxyl groups excluding tert-OH is 1. The summed E-state index contributed by atoms with van der Waals surface area (Å²) in [5, 5.41) is 11.9. The highest BCUT2D eigenvalue weighted by molar-refractivity contribution is 9.10. The van der Waals surface area contributed by atoms with Crippen LogP contribution < -0.4 is 0 Å². The van der Waals surface area contributed by atoms with Gasteiger partial charge in [0.25, 0.3) is 0 Å². The number of halogens is 1. The molecule has 1 fully saturated rings. The third-order valence-corrected chi connectivity index (χ3v) is 5.18. The summed E-state index contributed by atoms with van der Waals surface area (Å²) >= 11 is 3.56. The number of rotatable bonds is 2. The molecule has 20 heavy (non-hydrogen) atoms. The van der Waals surface area contributed by atoms with Gasteiger partial charge in [0.2, 0.25) is 0 Å². The van der Waals surface area contributed by atoms with Gasteiger partial charge in [0.15, 0.2) is 0 Å². The van der Waals surface area contributed by atoms with E-state index in [1.54, 1.807) is 6.20 Å². The molecule has 1 aromatic heterocycles. The van der Waals surface area contributed by atoms with Gasteiger partial charge in [-0.2, -0.15) is 0 Å². The SMILES string of the molecule is CC1CCCC(C(O)c2ccc(Br)c3cccnc23)C1. The minimum atomic E-state index is -0.400. The van der Waals surface area contributed by atoms with Crippen molar-refractivity contribution in [3.63, 3.8) is 0 Å². The van der Waals surface area contributed by atoms with Gasteiger partial charge in [-0.15, -0.1) is 0 Å². The number of aromatic nitrogens is 1. The molecule has 2 aromatic rings. The Morgan fingerprint density at radius 3 is 2.95 bits per heavy atom. The van der Waals surface area contributed by atoms with Crippen molar-refractivity contribution >= 4 is 26.8 Å². The summed E-state index contributed by atoms with van der Waals surface area (Å²) in [6.45, 7) is 2.29. The highest BCUT2D eigenvalue weighted by Gasteiger charge is 2.27. The van der Waals surface area contributed by atoms with E-state index in [1.165, 1.54) is 12.8 Å². The van der Waals surface area contributed by atoms with E-state index in [-0.39, 0.29) is 0 Å². The van der Waals surface area contributed by atoms with Gasteiger partial charge in [-0.3, -0.25) is 4.98 Å². The third-order valence-electron chi connectivity index (χ3n) is 4.49. The van der Waals surface area contributed by atoms with Gasteiger partial charge in [0.1, 0.15) is 0 Å². The van der Waals surface area contributed by atoms with Crippen molar-refractivity contribution in [1.29, 1.82) is 0 Å². The van der Waals surface area contributed by atoms with Crippen molar-refractivity contribution in [1.82, 2.24) is 4.98 Å². The van der Waals surface area contributed by atoms with Crippen LogP contribution in [0.3, 0.4) is 0 Å². The zero-order valence-electron chi connectivity index (χ0n) is 11.7. The molecular formula is C17H20BrNO. The quantitative estimate of drug-likeness (QED) is 0.851. The van der Waals surface area contributed by atoms with E-state index in [0.29, 0.717) is 5.92 Å². The van der Waals surface area contributed by atoms with E-state index < -0.39 is 6.10 Å². The van der Waals surface area contributed by atoms with Crippen LogP contribution in [-0.4, -0.2) is 10.1 Å². The summed E-state index contributed by atoms with van der Waals surface area (Å²) in [5.41, 5.74) is 1.90. The fraction of sp³-hybridized carbons (Fsp3) is 0.471. The van der Waals surface area contributed by atoms with Gasteiger partial charge in [-0.25, -0.2) is 0 Å². The Bertz CT molecular complexity index is 613. The molecule has 3 unspecified atom stereocenters. The van der Waals surface area contributed by atoms with Crippen LogP contribution in [0.25, 0.3) is 10.9 Å². The Kier molecular flexibility index (Phi) is 4.08. The molecule has 0 amide bonds. The zero-order valence-corrected chi connectivity index (χ0v) is 13.3. The standard InChI is InChI=1S/C17H20BrNO/c1-11-4-2-5-12(10-11)17(20)14-7-8-15(18)13-6-3-9-19-16(13)14/h3,6-9,11-12,17,20H,2,4-5,10H2,1H3. The second kappa shape index (κ2) is 5.82. The summed E-state index contributed by atoms with van der Waals surface area (Å²) < 4.78 is 1.04. The average Bonchev–Trinajstić information content (AvgIpc) is 2.47. The first-order valence-electron chi connectivity index (χ1n) is 7.38. The molecule has 2 nitrogen and oxygen atoms in total. The van der Waals surface area contributed by atoms with E-state index in [0.717, 1.165) is 39.7 Å². The predicted octanol–water partition coefficient (Wildman–Crippen LogP) is 4.86. The average molecular weight is 334 g/mol. The van der Waals surface area contributed by atoms with Crippen LogP contribution in [0, 0.1) is 11.8 Å². The fourth-order valence-corrected chi connectivity index (χ4v) is 3.87. The first kappa shape index (κ1) is 14.0. The van der Waals surface area contributed by atoms with Crippen LogP contribution in [0.1, 0.15) is 44.3 Å². The van der Waals surface area contributed by atoms with Crippen molar-refractivity contribution in [2.75, 3.05) is 0 Å². The lowest BCUT2D eigenvalue weighted by molar-refractivity contribution is 0.0724. The van der Waals surface area contributed by atoms with Gasteiger partial charge >= 0.3 is 0 Å². The molecule has 1 heterocycles. The first-order chi connectivity index (χ1) is 9.66. The maximum Gasteiger partial charge on any atom is 0.0839 e. The van der Waals surface area contributed by atoms with Crippen molar-refractivity contribution in [3.05, 3.63) is 40.5 Å². The highest BCUT2D eigenvalue weighted by atomic mass is 79.9. The Labute approximate surface area is 128 Å². The first-order valence-corrected chi connectivity index (χ1v) is 8.17. The molecule has 0 spiro atoms. The summed E-state index contributed by atoms with van der Waals surface area (Å²) in [4.78, 5) is 4.49. The molecule has 1 saturated carbocycles. The smallest absolute Gasteiger partial charge is 0.0839 e. The summed E-state index contributed by atoms with van der Waals surface area (Å²) in [6, 6.07) is 8.02. The molecule has 0 saturated heterocycles. The Balaban J connectivity index is 1.99. The topological polar surface area (TPSA) is 33.1 Å². The summed E-state index contributed by atoms with van der Waals surface area (Å²) in [5.74, 6) is 1.09. The number of hydrogen-bond acceptors (Lipinski definition) is 2. The molecule has 0 aliphatic heterocycles. The van der Waals surface area contributed by atoms with Gasteiger partial charge in [-0.05, 0) is 36.8 Å². The monoisotopic (exact) mass is 333 g/mol. The molecule has 3 rings (SSSR count). The Hall–Kier alpha value is -0.930. The lowest BCUT2D eigenvalue weighted by atomic mass is 9.77. The van der Waals surface area contributed by atoms with Crippen molar-refractivity contribution < 1.29 is 5.11 Å². The van der Waals surface area contributed by atoms with Gasteiger partial charge in [0.05, 0.1) is 11.6 Å². The number of benzene rings is 1. The van der Waals surface area contributed by atoms with E-state index in [2.05, 4.69) is 27.8 Å². The van der Waals surface area contributed by atoms with Crippen LogP contribution in [0.5, 0.6) is 0 Å². The lowest BCUT2D eigenvalue weighted by Crippen LogP contribution is -2.20. The molecule has 1 aromatic carbocycles. The third kappa shape index (κ3) is 2.61. The van der Waals surface area contributed by atoms with Crippen molar-refractivity contribution in [2.45, 2.75) is 38.7 Å². The number of hydrogen-bond donors (Lipinski definition) is 1. The fourth-order valence-electron chi connectivity index (χ4n) is 3.42. The predicted molar refractivity (Wildman–Crippen MR) is 85.5 cm³/mol. The molecule has 0 bridgehead atoms. The molecule has 1 N–H and O–H groups in total. The van der Waals surface area contributed by atoms with Crippen LogP contribution in [-0.2, 0) is 0 Å². The second-order valence-electron chi connectivity index (χ2n) is 6.01. The molecule has 3 heteroatoms. The van der Waals surface area contributed by atoms with E-state index >= 15 is 0 Å². The molecular weight excluding hydrogens is 314 g/mol. The van der Waals surface area contributed by atoms with E-state index in [9.17, 15) is 5.11 Å². The summed E-state index contributed by atoms with van der Waals surface area (Å²) in [7, 11) is 0. The molecule has 106 valence electrons. The van der Waals surface area contributed by atoms with Crippen LogP contribution in [0.15, 0.2) is 34.9 Å². The Morgan fingerprint density at radius 2 is 2.15 bits per heavy atom. The van der Waals surface area contributed by atoms with Gasteiger partial charge in [-0.1, -0.05) is 47.8 Å². The van der Waals surface area contributed by atoms with Crippen LogP contribution >= 0.6 is 15.9 Å². The lowest BCUT2D eigenvalue weighted by Gasteiger charge is -2.31. The largest absolute Gasteiger partial charge is 0.388 e. The maximum absolute atomic E-state index is 10.8. The molecule has 0 radical (unpaired) electrons. The second-order valence-corrected chi connectivity index (χ2v) is 6.87. The van der Waals surface area contributed by atoms with Crippen LogP contribution in [0.4, 0.5) is 0 Å². The van der Waals surface area contributed by atoms with E-state index in [1.807, 2.05) is 24.3 Å². The zero-order chi connectivity index (χ0) is 14.1. The van der Waals surface area contributed by atoms with Crippen molar-refractivity contribution in [3.8, 4) is 0 Å². The number of aliphatic hydroxyl groups is 1. The maximum atomic E-state index is 10.8. The van der Waals surface area contributed by atoms with Gasteiger partial charge in [0, 0.05) is 21.6 Å². The molecule has 1 aliphatic rings. The number of pyridine rings is 1. The van der Waals surface area contributed by atoms with Gasteiger partial charge < -0.3 is 5.11 Å².